The van der Waals surface area contributed by atoms with E-state index in [0.29, 0.717) is 5.91 Å². The van der Waals surface area contributed by atoms with E-state index < -0.39 is 0 Å². The van der Waals surface area contributed by atoms with Gasteiger partial charge in [-0.2, -0.15) is 0 Å². The van der Waals surface area contributed by atoms with Gasteiger partial charge in [0.05, 0.1) is 18.2 Å². The van der Waals surface area contributed by atoms with Crippen LogP contribution in [-0.4, -0.2) is 60.6 Å². The van der Waals surface area contributed by atoms with E-state index in [-0.39, 0.29) is 11.6 Å². The Labute approximate surface area is 116 Å². The van der Waals surface area contributed by atoms with Crippen molar-refractivity contribution in [3.63, 3.8) is 0 Å². The number of ether oxygens (including phenoxy) is 1. The molecule has 1 spiro atoms. The van der Waals surface area contributed by atoms with E-state index in [0.717, 1.165) is 45.5 Å². The first kappa shape index (κ1) is 13.4. The number of likely N-dealkylation sites (N-methyl/N-ethyl adjacent to an activating group) is 1. The van der Waals surface area contributed by atoms with Crippen LogP contribution < -0.4 is 0 Å². The standard InChI is InChI=1S/C15H26N2O2/c1-16-9-5-2-6-13(16)14(18)17-10-11-19-15(12-17)7-3-4-8-15/h13H,2-12H2,1H3. The summed E-state index contributed by atoms with van der Waals surface area (Å²) in [7, 11) is 2.09. The predicted octanol–water partition coefficient (Wildman–Crippen LogP) is 1.64. The van der Waals surface area contributed by atoms with Gasteiger partial charge in [-0.3, -0.25) is 9.69 Å². The van der Waals surface area contributed by atoms with E-state index in [4.69, 9.17) is 4.74 Å². The van der Waals surface area contributed by atoms with Gasteiger partial charge in [-0.15, -0.1) is 0 Å². The molecule has 1 saturated carbocycles. The second-order valence-corrected chi connectivity index (χ2v) is 6.49. The third kappa shape index (κ3) is 2.65. The maximum atomic E-state index is 12.7. The summed E-state index contributed by atoms with van der Waals surface area (Å²) in [6.07, 6.45) is 8.23. The number of morpholine rings is 1. The van der Waals surface area contributed by atoms with Crippen LogP contribution in [0.15, 0.2) is 0 Å². The fourth-order valence-corrected chi connectivity index (χ4v) is 3.95. The second-order valence-electron chi connectivity index (χ2n) is 6.49. The first-order valence-electron chi connectivity index (χ1n) is 7.83. The van der Waals surface area contributed by atoms with Crippen molar-refractivity contribution in [2.75, 3.05) is 33.3 Å². The van der Waals surface area contributed by atoms with Gasteiger partial charge in [-0.25, -0.2) is 0 Å². The predicted molar refractivity (Wildman–Crippen MR) is 74.0 cm³/mol. The first-order valence-corrected chi connectivity index (χ1v) is 7.83. The summed E-state index contributed by atoms with van der Waals surface area (Å²) in [5.41, 5.74) is 0.00114. The largest absolute Gasteiger partial charge is 0.371 e. The Morgan fingerprint density at radius 1 is 1.16 bits per heavy atom. The summed E-state index contributed by atoms with van der Waals surface area (Å²) >= 11 is 0. The van der Waals surface area contributed by atoms with Crippen LogP contribution in [-0.2, 0) is 9.53 Å². The van der Waals surface area contributed by atoms with Gasteiger partial charge in [0.1, 0.15) is 0 Å². The Balaban J connectivity index is 1.65. The molecule has 108 valence electrons. The lowest BCUT2D eigenvalue weighted by Gasteiger charge is -2.43. The van der Waals surface area contributed by atoms with Crippen LogP contribution in [0, 0.1) is 0 Å². The molecule has 1 aliphatic carbocycles. The monoisotopic (exact) mass is 266 g/mol. The minimum atomic E-state index is 0.00114. The third-order valence-electron chi connectivity index (χ3n) is 5.13. The Kier molecular flexibility index (Phi) is 3.81. The van der Waals surface area contributed by atoms with Gasteiger partial charge in [0, 0.05) is 13.1 Å². The van der Waals surface area contributed by atoms with Gasteiger partial charge in [-0.1, -0.05) is 19.3 Å². The van der Waals surface area contributed by atoms with Crippen molar-refractivity contribution in [1.82, 2.24) is 9.80 Å². The van der Waals surface area contributed by atoms with Crippen LogP contribution in [0.5, 0.6) is 0 Å². The van der Waals surface area contributed by atoms with E-state index in [9.17, 15) is 4.79 Å². The molecule has 3 aliphatic rings. The van der Waals surface area contributed by atoms with Crippen LogP contribution in [0.2, 0.25) is 0 Å². The lowest BCUT2D eigenvalue weighted by Crippen LogP contribution is -2.57. The number of amides is 1. The number of rotatable bonds is 1. The van der Waals surface area contributed by atoms with Gasteiger partial charge in [0.25, 0.3) is 0 Å². The number of carbonyl (C=O) groups excluding carboxylic acids is 1. The molecule has 0 aromatic heterocycles. The van der Waals surface area contributed by atoms with Crippen LogP contribution >= 0.6 is 0 Å². The molecule has 2 aliphatic heterocycles. The highest BCUT2D eigenvalue weighted by atomic mass is 16.5. The number of carbonyl (C=O) groups is 1. The minimum Gasteiger partial charge on any atom is -0.371 e. The molecule has 1 unspecified atom stereocenters. The molecule has 0 aromatic carbocycles. The maximum Gasteiger partial charge on any atom is 0.240 e. The summed E-state index contributed by atoms with van der Waals surface area (Å²) in [6, 6.07) is 0.116. The first-order chi connectivity index (χ1) is 9.20. The maximum absolute atomic E-state index is 12.7. The van der Waals surface area contributed by atoms with E-state index >= 15 is 0 Å². The second kappa shape index (κ2) is 5.41. The summed E-state index contributed by atoms with van der Waals surface area (Å²) in [5, 5.41) is 0. The zero-order chi connectivity index (χ0) is 13.3. The quantitative estimate of drug-likeness (QED) is 0.723. The molecule has 1 atom stereocenters. The molecule has 19 heavy (non-hydrogen) atoms. The highest BCUT2D eigenvalue weighted by molar-refractivity contribution is 5.82. The summed E-state index contributed by atoms with van der Waals surface area (Å²) in [4.78, 5) is 17.1. The van der Waals surface area contributed by atoms with Crippen molar-refractivity contribution in [2.45, 2.75) is 56.6 Å². The molecular weight excluding hydrogens is 240 g/mol. The number of hydrogen-bond acceptors (Lipinski definition) is 3. The van der Waals surface area contributed by atoms with Crippen LogP contribution in [0.25, 0.3) is 0 Å². The van der Waals surface area contributed by atoms with Gasteiger partial charge in [-0.05, 0) is 39.3 Å². The van der Waals surface area contributed by atoms with Gasteiger partial charge in [0.2, 0.25) is 5.91 Å². The normalized spacial score (nSPS) is 31.8. The van der Waals surface area contributed by atoms with Crippen molar-refractivity contribution < 1.29 is 9.53 Å². The lowest BCUT2D eigenvalue weighted by molar-refractivity contribution is -0.155. The van der Waals surface area contributed by atoms with E-state index in [2.05, 4.69) is 16.8 Å². The fraction of sp³-hybridized carbons (Fsp3) is 0.933. The fourth-order valence-electron chi connectivity index (χ4n) is 3.95. The number of piperidine rings is 1. The van der Waals surface area contributed by atoms with E-state index in [1.165, 1.54) is 25.7 Å². The van der Waals surface area contributed by atoms with E-state index in [1.54, 1.807) is 0 Å². The van der Waals surface area contributed by atoms with Crippen LogP contribution in [0.3, 0.4) is 0 Å². The molecule has 1 amide bonds. The molecule has 2 saturated heterocycles. The third-order valence-corrected chi connectivity index (χ3v) is 5.13. The van der Waals surface area contributed by atoms with Crippen molar-refractivity contribution in [3.05, 3.63) is 0 Å². The topological polar surface area (TPSA) is 32.8 Å². The SMILES string of the molecule is CN1CCCCC1C(=O)N1CCOC2(CCCC2)C1. The molecule has 2 heterocycles. The number of hydrogen-bond donors (Lipinski definition) is 0. The number of nitrogens with zero attached hydrogens (tertiary/aromatic N) is 2. The summed E-state index contributed by atoms with van der Waals surface area (Å²) in [6.45, 7) is 3.40. The molecule has 3 rings (SSSR count). The Morgan fingerprint density at radius 3 is 2.68 bits per heavy atom. The number of likely N-dealkylation sites (tertiary alicyclic amines) is 1. The molecule has 0 aromatic rings. The molecular formula is C15H26N2O2. The van der Waals surface area contributed by atoms with Crippen molar-refractivity contribution in [2.24, 2.45) is 0 Å². The molecule has 0 bridgehead atoms. The molecule has 4 nitrogen and oxygen atoms in total. The molecule has 0 radical (unpaired) electrons. The highest BCUT2D eigenvalue weighted by Crippen LogP contribution is 2.36. The lowest BCUT2D eigenvalue weighted by atomic mass is 9.97. The smallest absolute Gasteiger partial charge is 0.240 e. The van der Waals surface area contributed by atoms with Gasteiger partial charge >= 0.3 is 0 Å². The average molecular weight is 266 g/mol. The summed E-state index contributed by atoms with van der Waals surface area (Å²) < 4.78 is 6.01. The molecule has 0 N–H and O–H groups in total. The zero-order valence-corrected chi connectivity index (χ0v) is 12.1. The Morgan fingerprint density at radius 2 is 1.95 bits per heavy atom. The molecule has 4 heteroatoms. The Hall–Kier alpha value is -0.610. The molecule has 3 fully saturated rings. The van der Waals surface area contributed by atoms with Crippen molar-refractivity contribution >= 4 is 5.91 Å². The minimum absolute atomic E-state index is 0.00114. The highest BCUT2D eigenvalue weighted by Gasteiger charge is 2.42. The van der Waals surface area contributed by atoms with Gasteiger partial charge in [0.15, 0.2) is 0 Å². The van der Waals surface area contributed by atoms with Crippen molar-refractivity contribution in [1.29, 1.82) is 0 Å². The van der Waals surface area contributed by atoms with E-state index in [1.807, 2.05) is 0 Å². The zero-order valence-electron chi connectivity index (χ0n) is 12.1. The summed E-state index contributed by atoms with van der Waals surface area (Å²) in [5.74, 6) is 0.344. The van der Waals surface area contributed by atoms with Gasteiger partial charge < -0.3 is 9.64 Å². The Bertz CT molecular complexity index is 339. The van der Waals surface area contributed by atoms with Crippen molar-refractivity contribution in [3.8, 4) is 0 Å². The van der Waals surface area contributed by atoms with Crippen LogP contribution in [0.4, 0.5) is 0 Å². The van der Waals surface area contributed by atoms with Crippen LogP contribution in [0.1, 0.15) is 44.9 Å². The average Bonchev–Trinajstić information content (AvgIpc) is 2.86.